The Bertz CT molecular complexity index is 569. The van der Waals surface area contributed by atoms with Gasteiger partial charge in [0.1, 0.15) is 5.82 Å². The molecular weight excluding hydrogens is 283 g/mol. The lowest BCUT2D eigenvalue weighted by molar-refractivity contribution is 0.346. The highest BCUT2D eigenvalue weighted by Crippen LogP contribution is 2.39. The minimum Gasteiger partial charge on any atom is -0.493 e. The van der Waals surface area contributed by atoms with Gasteiger partial charge in [-0.15, -0.1) is 0 Å². The highest BCUT2D eigenvalue weighted by Gasteiger charge is 2.24. The van der Waals surface area contributed by atoms with E-state index in [1.165, 1.54) is 28.1 Å². The lowest BCUT2D eigenvalue weighted by Gasteiger charge is -2.17. The fourth-order valence-electron chi connectivity index (χ4n) is 1.80. The smallest absolute Gasteiger partial charge is 0.236 e. The Kier molecular flexibility index (Phi) is 4.45. The zero-order chi connectivity index (χ0) is 14.1. The van der Waals surface area contributed by atoms with Crippen LogP contribution in [0.5, 0.6) is 11.5 Å². The third kappa shape index (κ3) is 2.87. The van der Waals surface area contributed by atoms with Crippen LogP contribution in [0.25, 0.3) is 0 Å². The first-order valence-electron chi connectivity index (χ1n) is 5.04. The van der Waals surface area contributed by atoms with E-state index in [-0.39, 0.29) is 28.2 Å². The maximum absolute atomic E-state index is 14.0. The monoisotopic (exact) mass is 296 g/mol. The van der Waals surface area contributed by atoms with Gasteiger partial charge in [0.15, 0.2) is 11.5 Å². The number of rotatable bonds is 4. The third-order valence-corrected chi connectivity index (χ3v) is 3.62. The number of hydrogen-bond donors (Lipinski definition) is 0. The van der Waals surface area contributed by atoms with Crippen molar-refractivity contribution in [3.05, 3.63) is 22.5 Å². The summed E-state index contributed by atoms with van der Waals surface area (Å²) in [5.74, 6) is -0.672. The summed E-state index contributed by atoms with van der Waals surface area (Å²) >= 11 is 0. The number of benzene rings is 1. The van der Waals surface area contributed by atoms with Crippen LogP contribution in [0.2, 0.25) is 0 Å². The molecule has 0 aliphatic carbocycles. The van der Waals surface area contributed by atoms with Gasteiger partial charge in [-0.25, -0.2) is 12.8 Å². The van der Waals surface area contributed by atoms with Crippen LogP contribution >= 0.6 is 10.7 Å². The number of halogens is 2. The molecule has 18 heavy (non-hydrogen) atoms. The van der Waals surface area contributed by atoms with Gasteiger partial charge < -0.3 is 9.47 Å². The molecule has 0 saturated carbocycles. The Morgan fingerprint density at radius 3 is 2.00 bits per heavy atom. The van der Waals surface area contributed by atoms with Gasteiger partial charge >= 0.3 is 0 Å². The van der Waals surface area contributed by atoms with Crippen molar-refractivity contribution in [2.75, 3.05) is 14.2 Å². The maximum atomic E-state index is 14.0. The van der Waals surface area contributed by atoms with Crippen LogP contribution < -0.4 is 9.47 Å². The van der Waals surface area contributed by atoms with Gasteiger partial charge in [0.2, 0.25) is 9.05 Å². The Morgan fingerprint density at radius 2 is 1.61 bits per heavy atom. The van der Waals surface area contributed by atoms with Gasteiger partial charge in [0.05, 0.1) is 20.0 Å². The molecule has 0 spiro atoms. The van der Waals surface area contributed by atoms with Crippen molar-refractivity contribution in [2.24, 2.45) is 0 Å². The normalized spacial score (nSPS) is 11.4. The van der Waals surface area contributed by atoms with E-state index < -0.39 is 20.6 Å². The van der Waals surface area contributed by atoms with Gasteiger partial charge in [-0.1, -0.05) is 0 Å². The van der Waals surface area contributed by atoms with Crippen LogP contribution in [-0.4, -0.2) is 22.6 Å². The summed E-state index contributed by atoms with van der Waals surface area (Å²) in [6.07, 6.45) is 0. The number of methoxy groups -OCH3 is 2. The molecule has 0 unspecified atom stereocenters. The van der Waals surface area contributed by atoms with E-state index in [9.17, 15) is 12.8 Å². The van der Waals surface area contributed by atoms with Gasteiger partial charge in [0.25, 0.3) is 0 Å². The molecule has 0 aromatic heterocycles. The van der Waals surface area contributed by atoms with Crippen LogP contribution in [0.15, 0.2) is 0 Å². The second-order valence-corrected chi connectivity index (χ2v) is 6.57. The highest BCUT2D eigenvalue weighted by molar-refractivity contribution is 8.13. The molecule has 0 radical (unpaired) electrons. The van der Waals surface area contributed by atoms with E-state index in [2.05, 4.69) is 0 Å². The molecule has 0 atom stereocenters. The van der Waals surface area contributed by atoms with Crippen LogP contribution in [0.3, 0.4) is 0 Å². The zero-order valence-corrected chi connectivity index (χ0v) is 12.1. The van der Waals surface area contributed by atoms with Crippen molar-refractivity contribution in [3.8, 4) is 11.5 Å². The Balaban J connectivity index is 3.63. The predicted octanol–water partition coefficient (Wildman–Crippen LogP) is 2.53. The molecule has 0 aliphatic rings. The standard InChI is InChI=1S/C11H14ClFO4S/c1-6-8(5-18(12,14)15)11(17-4)10(16-3)7(2)9(6)13/h5H2,1-4H3. The van der Waals surface area contributed by atoms with Crippen molar-refractivity contribution < 1.29 is 22.3 Å². The largest absolute Gasteiger partial charge is 0.493 e. The van der Waals surface area contributed by atoms with Crippen molar-refractivity contribution in [3.63, 3.8) is 0 Å². The van der Waals surface area contributed by atoms with E-state index in [1.54, 1.807) is 0 Å². The van der Waals surface area contributed by atoms with Crippen LogP contribution in [-0.2, 0) is 14.8 Å². The zero-order valence-electron chi connectivity index (χ0n) is 10.5. The van der Waals surface area contributed by atoms with Crippen LogP contribution in [0.1, 0.15) is 16.7 Å². The van der Waals surface area contributed by atoms with Crippen molar-refractivity contribution in [2.45, 2.75) is 19.6 Å². The van der Waals surface area contributed by atoms with E-state index in [0.29, 0.717) is 0 Å². The lowest BCUT2D eigenvalue weighted by Crippen LogP contribution is -2.07. The summed E-state index contributed by atoms with van der Waals surface area (Å²) in [7, 11) is 4.11. The van der Waals surface area contributed by atoms with E-state index in [1.807, 2.05) is 0 Å². The minimum atomic E-state index is -3.82. The minimum absolute atomic E-state index is 0.174. The molecule has 0 bridgehead atoms. The van der Waals surface area contributed by atoms with Crippen molar-refractivity contribution in [1.82, 2.24) is 0 Å². The topological polar surface area (TPSA) is 52.6 Å². The van der Waals surface area contributed by atoms with Gasteiger partial charge in [-0.3, -0.25) is 0 Å². The number of hydrogen-bond acceptors (Lipinski definition) is 4. The summed E-state index contributed by atoms with van der Waals surface area (Å²) in [6, 6.07) is 0. The highest BCUT2D eigenvalue weighted by atomic mass is 35.7. The molecule has 1 aromatic carbocycles. The first-order valence-corrected chi connectivity index (χ1v) is 7.52. The molecule has 4 nitrogen and oxygen atoms in total. The van der Waals surface area contributed by atoms with Gasteiger partial charge in [0, 0.05) is 21.8 Å². The quantitative estimate of drug-likeness (QED) is 0.801. The fraction of sp³-hybridized carbons (Fsp3) is 0.455. The van der Waals surface area contributed by atoms with E-state index in [0.717, 1.165) is 0 Å². The summed E-state index contributed by atoms with van der Waals surface area (Å²) in [6.45, 7) is 3.00. The summed E-state index contributed by atoms with van der Waals surface area (Å²) < 4.78 is 46.5. The molecule has 102 valence electrons. The first-order chi connectivity index (χ1) is 8.22. The van der Waals surface area contributed by atoms with Crippen LogP contribution in [0, 0.1) is 19.7 Å². The summed E-state index contributed by atoms with van der Waals surface area (Å²) in [5, 5.41) is 0. The molecule has 0 aliphatic heterocycles. The third-order valence-electron chi connectivity index (χ3n) is 2.66. The average Bonchev–Trinajstić information content (AvgIpc) is 2.28. The lowest BCUT2D eigenvalue weighted by atomic mass is 10.0. The molecule has 7 heteroatoms. The molecule has 1 rings (SSSR count). The molecule has 0 saturated heterocycles. The second kappa shape index (κ2) is 5.32. The van der Waals surface area contributed by atoms with Gasteiger partial charge in [-0.05, 0) is 19.4 Å². The molecular formula is C11H14ClFO4S. The van der Waals surface area contributed by atoms with E-state index >= 15 is 0 Å². The van der Waals surface area contributed by atoms with Gasteiger partial charge in [-0.2, -0.15) is 0 Å². The number of ether oxygens (including phenoxy) is 2. The fourth-order valence-corrected chi connectivity index (χ4v) is 2.82. The molecule has 0 fully saturated rings. The molecule has 0 heterocycles. The van der Waals surface area contributed by atoms with Crippen molar-refractivity contribution in [1.29, 1.82) is 0 Å². The average molecular weight is 297 g/mol. The summed E-state index contributed by atoms with van der Waals surface area (Å²) in [5.41, 5.74) is 0.629. The Morgan fingerprint density at radius 1 is 1.11 bits per heavy atom. The molecule has 0 N–H and O–H groups in total. The predicted molar refractivity (Wildman–Crippen MR) is 67.5 cm³/mol. The second-order valence-electron chi connectivity index (χ2n) is 3.79. The Labute approximate surface area is 110 Å². The first kappa shape index (κ1) is 15.0. The van der Waals surface area contributed by atoms with Crippen LogP contribution in [0.4, 0.5) is 4.39 Å². The molecule has 0 amide bonds. The Hall–Kier alpha value is -1.01. The van der Waals surface area contributed by atoms with Crippen molar-refractivity contribution >= 4 is 19.7 Å². The van der Waals surface area contributed by atoms with E-state index in [4.69, 9.17) is 20.2 Å². The summed E-state index contributed by atoms with van der Waals surface area (Å²) in [4.78, 5) is 0. The molecule has 1 aromatic rings. The maximum Gasteiger partial charge on any atom is 0.236 e. The SMILES string of the molecule is COc1c(C)c(F)c(C)c(CS(=O)(=O)Cl)c1OC.